The van der Waals surface area contributed by atoms with E-state index < -0.39 is 4.92 Å². The van der Waals surface area contributed by atoms with Crippen LogP contribution >= 0.6 is 0 Å². The quantitative estimate of drug-likeness (QED) is 0.553. The van der Waals surface area contributed by atoms with E-state index in [1.807, 2.05) is 31.2 Å². The smallest absolute Gasteiger partial charge is 0.297 e. The van der Waals surface area contributed by atoms with Crippen molar-refractivity contribution in [3.05, 3.63) is 75.0 Å². The van der Waals surface area contributed by atoms with Crippen LogP contribution in [0, 0.1) is 17.0 Å². The fourth-order valence-electron chi connectivity index (χ4n) is 4.32. The summed E-state index contributed by atoms with van der Waals surface area (Å²) in [4.78, 5) is 38.8. The van der Waals surface area contributed by atoms with Crippen LogP contribution in [-0.4, -0.2) is 23.7 Å². The van der Waals surface area contributed by atoms with Crippen LogP contribution in [0.3, 0.4) is 0 Å². The zero-order chi connectivity index (χ0) is 21.4. The van der Waals surface area contributed by atoms with Gasteiger partial charge in [-0.05, 0) is 37.5 Å². The van der Waals surface area contributed by atoms with Gasteiger partial charge >= 0.3 is 0 Å². The first-order valence-electron chi connectivity index (χ1n) is 9.89. The Kier molecular flexibility index (Phi) is 5.11. The monoisotopic (exact) mass is 406 g/mol. The highest BCUT2D eigenvalue weighted by Gasteiger charge is 2.41. The number of Topliss-reactive ketones (excluding diaryl/α,β-unsaturated/α-hetero) is 1. The minimum Gasteiger partial charge on any atom is -0.496 e. The minimum absolute atomic E-state index is 0.00971. The molecular formula is C23H22N2O5. The molecule has 154 valence electrons. The summed E-state index contributed by atoms with van der Waals surface area (Å²) in [7, 11) is 1.43. The van der Waals surface area contributed by atoms with Gasteiger partial charge in [-0.1, -0.05) is 29.8 Å². The lowest BCUT2D eigenvalue weighted by molar-refractivity contribution is -0.384. The molecule has 0 saturated carbocycles. The van der Waals surface area contributed by atoms with Gasteiger partial charge in [0.25, 0.3) is 5.69 Å². The molecule has 0 spiro atoms. The summed E-state index contributed by atoms with van der Waals surface area (Å²) < 4.78 is 5.11. The lowest BCUT2D eigenvalue weighted by Crippen LogP contribution is -2.40. The van der Waals surface area contributed by atoms with Gasteiger partial charge in [0.2, 0.25) is 5.91 Å². The molecular weight excluding hydrogens is 384 g/mol. The maximum atomic E-state index is 13.3. The summed E-state index contributed by atoms with van der Waals surface area (Å²) >= 11 is 0. The van der Waals surface area contributed by atoms with E-state index in [0.29, 0.717) is 36.3 Å². The zero-order valence-corrected chi connectivity index (χ0v) is 16.9. The van der Waals surface area contributed by atoms with E-state index in [0.717, 1.165) is 11.1 Å². The standard InChI is InChI=1S/C23H22N2O5/c1-14-6-8-15(9-7-14)17-13-22(27)24(19-4-3-5-21(26)23(17)19)18-11-10-16(30-2)12-20(18)25(28)29/h6-12,17H,3-5,13H2,1-2H3. The van der Waals surface area contributed by atoms with Gasteiger partial charge in [0.05, 0.1) is 18.1 Å². The summed E-state index contributed by atoms with van der Waals surface area (Å²) in [5.74, 6) is -0.228. The second kappa shape index (κ2) is 7.74. The second-order valence-electron chi connectivity index (χ2n) is 7.65. The number of ketones is 1. The Hall–Kier alpha value is -3.48. The number of nitro benzene ring substituents is 1. The molecule has 4 rings (SSSR count). The Labute approximate surface area is 174 Å². The fraction of sp³-hybridized carbons (Fsp3) is 0.304. The lowest BCUT2D eigenvalue weighted by atomic mass is 9.77. The first-order chi connectivity index (χ1) is 14.4. The van der Waals surface area contributed by atoms with Crippen molar-refractivity contribution in [2.24, 2.45) is 0 Å². The first-order valence-corrected chi connectivity index (χ1v) is 9.89. The predicted molar refractivity (Wildman–Crippen MR) is 112 cm³/mol. The third-order valence-corrected chi connectivity index (χ3v) is 5.78. The maximum absolute atomic E-state index is 13.3. The highest BCUT2D eigenvalue weighted by molar-refractivity contribution is 6.08. The number of hydrogen-bond donors (Lipinski definition) is 0. The van der Waals surface area contributed by atoms with E-state index in [4.69, 9.17) is 4.74 Å². The van der Waals surface area contributed by atoms with Crippen molar-refractivity contribution in [2.45, 2.75) is 38.5 Å². The van der Waals surface area contributed by atoms with Gasteiger partial charge in [-0.15, -0.1) is 0 Å². The van der Waals surface area contributed by atoms with Crippen molar-refractivity contribution in [1.82, 2.24) is 0 Å². The fourth-order valence-corrected chi connectivity index (χ4v) is 4.32. The number of nitro groups is 1. The molecule has 0 fully saturated rings. The number of rotatable bonds is 4. The van der Waals surface area contributed by atoms with Crippen LogP contribution in [0.4, 0.5) is 11.4 Å². The van der Waals surface area contributed by atoms with E-state index in [2.05, 4.69) is 0 Å². The van der Waals surface area contributed by atoms with E-state index in [-0.39, 0.29) is 35.4 Å². The zero-order valence-electron chi connectivity index (χ0n) is 16.9. The van der Waals surface area contributed by atoms with Crippen LogP contribution in [0.1, 0.15) is 42.7 Å². The Balaban J connectivity index is 1.89. The Morgan fingerprint density at radius 1 is 1.10 bits per heavy atom. The molecule has 0 radical (unpaired) electrons. The number of carbonyl (C=O) groups is 2. The van der Waals surface area contributed by atoms with E-state index in [9.17, 15) is 19.7 Å². The molecule has 0 N–H and O–H groups in total. The maximum Gasteiger partial charge on any atom is 0.297 e. The molecule has 1 aliphatic carbocycles. The van der Waals surface area contributed by atoms with Crippen LogP contribution in [0.15, 0.2) is 53.7 Å². The van der Waals surface area contributed by atoms with Gasteiger partial charge in [0.1, 0.15) is 11.4 Å². The number of carbonyl (C=O) groups excluding carboxylic acids is 2. The number of methoxy groups -OCH3 is 1. The number of nitrogens with zero attached hydrogens (tertiary/aromatic N) is 2. The predicted octanol–water partition coefficient (Wildman–Crippen LogP) is 4.44. The van der Waals surface area contributed by atoms with Crippen LogP contribution < -0.4 is 9.64 Å². The molecule has 0 saturated heterocycles. The summed E-state index contributed by atoms with van der Waals surface area (Å²) in [6.45, 7) is 1.98. The van der Waals surface area contributed by atoms with Crippen molar-refractivity contribution in [1.29, 1.82) is 0 Å². The SMILES string of the molecule is COc1ccc(N2C(=O)CC(c3ccc(C)cc3)C3=C2CCCC3=O)c([N+](=O)[O-])c1. The summed E-state index contributed by atoms with van der Waals surface area (Å²) in [6, 6.07) is 12.2. The molecule has 0 aromatic heterocycles. The van der Waals surface area contributed by atoms with Crippen LogP contribution in [0.2, 0.25) is 0 Å². The van der Waals surface area contributed by atoms with Gasteiger partial charge in [-0.2, -0.15) is 0 Å². The highest BCUT2D eigenvalue weighted by atomic mass is 16.6. The molecule has 30 heavy (non-hydrogen) atoms. The summed E-state index contributed by atoms with van der Waals surface area (Å²) in [5, 5.41) is 11.7. The number of aryl methyl sites for hydroxylation is 1. The Morgan fingerprint density at radius 3 is 2.50 bits per heavy atom. The second-order valence-corrected chi connectivity index (χ2v) is 7.65. The molecule has 1 amide bonds. The average molecular weight is 406 g/mol. The van der Waals surface area contributed by atoms with Crippen LogP contribution in [0.25, 0.3) is 0 Å². The third-order valence-electron chi connectivity index (χ3n) is 5.78. The summed E-state index contributed by atoms with van der Waals surface area (Å²) in [6.07, 6.45) is 1.66. The van der Waals surface area contributed by atoms with Crippen molar-refractivity contribution in [3.63, 3.8) is 0 Å². The van der Waals surface area contributed by atoms with Gasteiger partial charge < -0.3 is 4.74 Å². The molecule has 0 bridgehead atoms. The Bertz CT molecular complexity index is 1070. The number of hydrogen-bond acceptors (Lipinski definition) is 5. The molecule has 2 aliphatic rings. The average Bonchev–Trinajstić information content (AvgIpc) is 2.73. The molecule has 7 nitrogen and oxygen atoms in total. The molecule has 1 aliphatic heterocycles. The van der Waals surface area contributed by atoms with Crippen molar-refractivity contribution in [3.8, 4) is 5.75 Å². The van der Waals surface area contributed by atoms with E-state index >= 15 is 0 Å². The highest BCUT2D eigenvalue weighted by Crippen LogP contribution is 2.45. The minimum atomic E-state index is -0.526. The van der Waals surface area contributed by atoms with Gasteiger partial charge in [-0.25, -0.2) is 0 Å². The topological polar surface area (TPSA) is 89.8 Å². The molecule has 1 unspecified atom stereocenters. The molecule has 2 aromatic rings. The number of ether oxygens (including phenoxy) is 1. The molecule has 1 atom stereocenters. The first kappa shape index (κ1) is 19.8. The normalized spacial score (nSPS) is 19.0. The Morgan fingerprint density at radius 2 is 1.83 bits per heavy atom. The van der Waals surface area contributed by atoms with Crippen LogP contribution in [-0.2, 0) is 9.59 Å². The molecule has 1 heterocycles. The van der Waals surface area contributed by atoms with Gasteiger partial charge in [-0.3, -0.25) is 24.6 Å². The molecule has 2 aromatic carbocycles. The number of benzene rings is 2. The number of anilines is 1. The largest absolute Gasteiger partial charge is 0.496 e. The van der Waals surface area contributed by atoms with E-state index in [1.54, 1.807) is 6.07 Å². The number of amides is 1. The van der Waals surface area contributed by atoms with Crippen molar-refractivity contribution >= 4 is 23.1 Å². The number of allylic oxidation sites excluding steroid dienone is 2. The summed E-state index contributed by atoms with van der Waals surface area (Å²) in [5.41, 5.74) is 3.16. The molecule has 7 heteroatoms. The van der Waals surface area contributed by atoms with Gasteiger partial charge in [0, 0.05) is 30.0 Å². The van der Waals surface area contributed by atoms with Gasteiger partial charge in [0.15, 0.2) is 5.78 Å². The lowest BCUT2D eigenvalue weighted by Gasteiger charge is -2.38. The third kappa shape index (κ3) is 3.36. The van der Waals surface area contributed by atoms with Crippen LogP contribution in [0.5, 0.6) is 5.75 Å². The van der Waals surface area contributed by atoms with Crippen molar-refractivity contribution in [2.75, 3.05) is 12.0 Å². The van der Waals surface area contributed by atoms with Crippen molar-refractivity contribution < 1.29 is 19.2 Å². The van der Waals surface area contributed by atoms with E-state index in [1.165, 1.54) is 24.1 Å².